The number of rotatable bonds is 1. The summed E-state index contributed by atoms with van der Waals surface area (Å²) in [6.07, 6.45) is 4.35. The Morgan fingerprint density at radius 2 is 2.05 bits per heavy atom. The third-order valence-electron chi connectivity index (χ3n) is 3.77. The van der Waals surface area contributed by atoms with E-state index >= 15 is 0 Å². The lowest BCUT2D eigenvalue weighted by Crippen LogP contribution is -2.32. The second-order valence-corrected chi connectivity index (χ2v) is 5.51. The third-order valence-corrected chi connectivity index (χ3v) is 4.01. The van der Waals surface area contributed by atoms with E-state index in [1.165, 1.54) is 5.56 Å². The molecule has 6 heteroatoms. The first-order chi connectivity index (χ1) is 10.3. The first-order valence-electron chi connectivity index (χ1n) is 6.76. The van der Waals surface area contributed by atoms with Crippen LogP contribution in [-0.2, 0) is 13.0 Å². The average molecular weight is 298 g/mol. The quantitative estimate of drug-likeness (QED) is 0.691. The monoisotopic (exact) mass is 297 g/mol. The molecule has 0 unspecified atom stereocenters. The molecule has 2 aromatic heterocycles. The van der Waals surface area contributed by atoms with E-state index in [0.29, 0.717) is 5.02 Å². The standard InChI is InChI=1S/C15H12ClN5/c16-12-1-2-13-11(7-12)8-18-20-15(13)21-6-4-14-10(9-21)3-5-17-19-14/h1-3,5,7-8H,4,6,9H2. The molecule has 0 saturated carbocycles. The van der Waals surface area contributed by atoms with Gasteiger partial charge in [-0.15, -0.1) is 5.10 Å². The number of fused-ring (bicyclic) bond motifs is 2. The zero-order chi connectivity index (χ0) is 14.2. The maximum atomic E-state index is 6.05. The Balaban J connectivity index is 1.78. The molecule has 0 fully saturated rings. The van der Waals surface area contributed by atoms with Crippen molar-refractivity contribution in [2.24, 2.45) is 0 Å². The summed E-state index contributed by atoms with van der Waals surface area (Å²) in [5.74, 6) is 0.895. The number of nitrogens with zero attached hydrogens (tertiary/aromatic N) is 5. The van der Waals surface area contributed by atoms with Gasteiger partial charge in [-0.3, -0.25) is 0 Å². The summed E-state index contributed by atoms with van der Waals surface area (Å²) in [6, 6.07) is 7.82. The van der Waals surface area contributed by atoms with E-state index < -0.39 is 0 Å². The number of hydrogen-bond acceptors (Lipinski definition) is 5. The van der Waals surface area contributed by atoms with E-state index in [-0.39, 0.29) is 0 Å². The molecule has 0 aliphatic carbocycles. The van der Waals surface area contributed by atoms with E-state index in [9.17, 15) is 0 Å². The van der Waals surface area contributed by atoms with Crippen LogP contribution in [0.4, 0.5) is 5.82 Å². The summed E-state index contributed by atoms with van der Waals surface area (Å²) < 4.78 is 0. The molecule has 0 spiro atoms. The maximum absolute atomic E-state index is 6.05. The molecule has 0 saturated heterocycles. The molecule has 4 rings (SSSR count). The third kappa shape index (κ3) is 2.19. The van der Waals surface area contributed by atoms with Gasteiger partial charge in [0.25, 0.3) is 0 Å². The van der Waals surface area contributed by atoms with Crippen molar-refractivity contribution in [1.29, 1.82) is 0 Å². The Bertz CT molecular complexity index is 820. The minimum atomic E-state index is 0.709. The van der Waals surface area contributed by atoms with E-state index in [1.807, 2.05) is 24.3 Å². The molecular weight excluding hydrogens is 286 g/mol. The van der Waals surface area contributed by atoms with Crippen molar-refractivity contribution < 1.29 is 0 Å². The van der Waals surface area contributed by atoms with E-state index in [4.69, 9.17) is 11.6 Å². The largest absolute Gasteiger partial charge is 0.350 e. The highest BCUT2D eigenvalue weighted by Gasteiger charge is 2.20. The molecule has 1 aromatic carbocycles. The van der Waals surface area contributed by atoms with Gasteiger partial charge in [-0.1, -0.05) is 11.6 Å². The van der Waals surface area contributed by atoms with Gasteiger partial charge in [0.2, 0.25) is 0 Å². The molecule has 0 radical (unpaired) electrons. The zero-order valence-electron chi connectivity index (χ0n) is 11.2. The molecule has 3 heterocycles. The van der Waals surface area contributed by atoms with Crippen LogP contribution < -0.4 is 4.90 Å². The fourth-order valence-corrected chi connectivity index (χ4v) is 2.91. The molecule has 0 bridgehead atoms. The van der Waals surface area contributed by atoms with E-state index in [0.717, 1.165) is 41.8 Å². The number of aromatic nitrogens is 4. The molecule has 1 aliphatic rings. The minimum Gasteiger partial charge on any atom is -0.350 e. The molecule has 3 aromatic rings. The summed E-state index contributed by atoms with van der Waals surface area (Å²) in [5, 5.41) is 19.4. The van der Waals surface area contributed by atoms with Gasteiger partial charge in [-0.2, -0.15) is 15.3 Å². The predicted molar refractivity (Wildman–Crippen MR) is 81.3 cm³/mol. The number of anilines is 1. The van der Waals surface area contributed by atoms with Crippen LogP contribution in [0, 0.1) is 0 Å². The van der Waals surface area contributed by atoms with Crippen molar-refractivity contribution in [3.63, 3.8) is 0 Å². The Labute approximate surface area is 126 Å². The van der Waals surface area contributed by atoms with Crippen LogP contribution in [-0.4, -0.2) is 26.9 Å². The predicted octanol–water partition coefficient (Wildman–Crippen LogP) is 2.64. The molecule has 1 aliphatic heterocycles. The Morgan fingerprint density at radius 1 is 1.10 bits per heavy atom. The number of hydrogen-bond donors (Lipinski definition) is 0. The highest BCUT2D eigenvalue weighted by Crippen LogP contribution is 2.29. The summed E-state index contributed by atoms with van der Waals surface area (Å²) >= 11 is 6.05. The minimum absolute atomic E-state index is 0.709. The second kappa shape index (κ2) is 4.93. The van der Waals surface area contributed by atoms with E-state index in [2.05, 4.69) is 25.3 Å². The van der Waals surface area contributed by atoms with Crippen LogP contribution >= 0.6 is 11.6 Å². The lowest BCUT2D eigenvalue weighted by atomic mass is 10.1. The maximum Gasteiger partial charge on any atom is 0.159 e. The Hall–Kier alpha value is -2.27. The Kier molecular flexibility index (Phi) is 2.93. The van der Waals surface area contributed by atoms with Gasteiger partial charge in [0.15, 0.2) is 5.82 Å². The second-order valence-electron chi connectivity index (χ2n) is 5.07. The van der Waals surface area contributed by atoms with Gasteiger partial charge >= 0.3 is 0 Å². The van der Waals surface area contributed by atoms with Gasteiger partial charge in [0, 0.05) is 41.5 Å². The lowest BCUT2D eigenvalue weighted by molar-refractivity contribution is 0.685. The highest BCUT2D eigenvalue weighted by molar-refractivity contribution is 6.31. The van der Waals surface area contributed by atoms with Crippen LogP contribution in [0.5, 0.6) is 0 Å². The number of benzene rings is 1. The fourth-order valence-electron chi connectivity index (χ4n) is 2.72. The van der Waals surface area contributed by atoms with Crippen molar-refractivity contribution >= 4 is 28.2 Å². The lowest BCUT2D eigenvalue weighted by Gasteiger charge is -2.29. The first kappa shape index (κ1) is 12.5. The van der Waals surface area contributed by atoms with Crippen LogP contribution in [0.3, 0.4) is 0 Å². The van der Waals surface area contributed by atoms with E-state index in [1.54, 1.807) is 12.4 Å². The molecule has 0 amide bonds. The van der Waals surface area contributed by atoms with Crippen LogP contribution in [0.15, 0.2) is 36.7 Å². The smallest absolute Gasteiger partial charge is 0.159 e. The summed E-state index contributed by atoms with van der Waals surface area (Å²) in [6.45, 7) is 1.64. The normalized spacial score (nSPS) is 14.2. The van der Waals surface area contributed by atoms with Gasteiger partial charge in [-0.25, -0.2) is 0 Å². The summed E-state index contributed by atoms with van der Waals surface area (Å²) in [5.41, 5.74) is 2.27. The Morgan fingerprint density at radius 3 is 3.00 bits per heavy atom. The summed E-state index contributed by atoms with van der Waals surface area (Å²) in [4.78, 5) is 2.23. The molecule has 0 N–H and O–H groups in total. The van der Waals surface area contributed by atoms with Gasteiger partial charge in [-0.05, 0) is 29.8 Å². The first-order valence-corrected chi connectivity index (χ1v) is 7.14. The zero-order valence-corrected chi connectivity index (χ0v) is 12.0. The number of halogens is 1. The van der Waals surface area contributed by atoms with Crippen molar-refractivity contribution in [3.8, 4) is 0 Å². The SMILES string of the molecule is Clc1ccc2c(N3CCc4nnccc4C3)nncc2c1. The fraction of sp³-hybridized carbons (Fsp3) is 0.200. The van der Waals surface area contributed by atoms with Crippen LogP contribution in [0.25, 0.3) is 10.8 Å². The van der Waals surface area contributed by atoms with Crippen molar-refractivity contribution in [2.75, 3.05) is 11.4 Å². The highest BCUT2D eigenvalue weighted by atomic mass is 35.5. The molecular formula is C15H12ClN5. The van der Waals surface area contributed by atoms with Crippen LogP contribution in [0.2, 0.25) is 5.02 Å². The van der Waals surface area contributed by atoms with Gasteiger partial charge < -0.3 is 4.90 Å². The van der Waals surface area contributed by atoms with Crippen molar-refractivity contribution in [3.05, 3.63) is 52.9 Å². The van der Waals surface area contributed by atoms with Gasteiger partial charge in [0.05, 0.1) is 11.9 Å². The molecule has 104 valence electrons. The molecule has 21 heavy (non-hydrogen) atoms. The summed E-state index contributed by atoms with van der Waals surface area (Å²) in [7, 11) is 0. The molecule has 0 atom stereocenters. The van der Waals surface area contributed by atoms with Crippen LogP contribution in [0.1, 0.15) is 11.3 Å². The van der Waals surface area contributed by atoms with Crippen molar-refractivity contribution in [2.45, 2.75) is 13.0 Å². The molecule has 5 nitrogen and oxygen atoms in total. The van der Waals surface area contributed by atoms with Crippen molar-refractivity contribution in [1.82, 2.24) is 20.4 Å². The topological polar surface area (TPSA) is 54.8 Å². The average Bonchev–Trinajstić information content (AvgIpc) is 2.53. The van der Waals surface area contributed by atoms with Gasteiger partial charge in [0.1, 0.15) is 0 Å².